The lowest BCUT2D eigenvalue weighted by molar-refractivity contribution is -0.156. The van der Waals surface area contributed by atoms with E-state index in [1.54, 1.807) is 20.8 Å². The van der Waals surface area contributed by atoms with Crippen molar-refractivity contribution in [1.82, 2.24) is 20.3 Å². The van der Waals surface area contributed by atoms with Crippen molar-refractivity contribution in [1.29, 1.82) is 0 Å². The van der Waals surface area contributed by atoms with Crippen molar-refractivity contribution in [2.45, 2.75) is 70.6 Å². The third-order valence-corrected chi connectivity index (χ3v) is 7.57. The Labute approximate surface area is 257 Å². The average molecular weight is 606 g/mol. The van der Waals surface area contributed by atoms with Crippen LogP contribution in [-0.4, -0.2) is 64.8 Å². The summed E-state index contributed by atoms with van der Waals surface area (Å²) in [6, 6.07) is 12.3. The van der Waals surface area contributed by atoms with Gasteiger partial charge in [-0.1, -0.05) is 36.4 Å². The van der Waals surface area contributed by atoms with Crippen LogP contribution in [0.1, 0.15) is 62.8 Å². The van der Waals surface area contributed by atoms with Crippen LogP contribution in [0.25, 0.3) is 0 Å². The van der Waals surface area contributed by atoms with Crippen LogP contribution < -0.4 is 20.9 Å². The minimum Gasteiger partial charge on any atom is -0.458 e. The van der Waals surface area contributed by atoms with E-state index in [-0.39, 0.29) is 30.7 Å². The number of pyridine rings is 1. The highest BCUT2D eigenvalue weighted by molar-refractivity contribution is 5.82. The van der Waals surface area contributed by atoms with Crippen LogP contribution in [0.4, 0.5) is 26.6 Å². The number of ether oxygens (including phenoxy) is 2. The zero-order chi connectivity index (χ0) is 31.1. The summed E-state index contributed by atoms with van der Waals surface area (Å²) < 4.78 is 26.4. The number of hydrogen-bond donors (Lipinski definition) is 3. The number of anilines is 3. The van der Waals surface area contributed by atoms with E-state index in [0.29, 0.717) is 13.1 Å². The predicted octanol–water partition coefficient (Wildman–Crippen LogP) is 4.80. The Bertz CT molecular complexity index is 1440. The Morgan fingerprint density at radius 1 is 1.11 bits per heavy atom. The van der Waals surface area contributed by atoms with Gasteiger partial charge in [0.15, 0.2) is 11.6 Å². The Hall–Kier alpha value is -4.48. The van der Waals surface area contributed by atoms with Gasteiger partial charge in [0.05, 0.1) is 0 Å². The van der Waals surface area contributed by atoms with Crippen LogP contribution >= 0.6 is 0 Å². The Kier molecular flexibility index (Phi) is 9.76. The molecule has 4 heterocycles. The Morgan fingerprint density at radius 3 is 2.64 bits per heavy atom. The molecule has 0 spiro atoms. The summed E-state index contributed by atoms with van der Waals surface area (Å²) in [4.78, 5) is 40.6. The Morgan fingerprint density at radius 2 is 1.89 bits per heavy atom. The van der Waals surface area contributed by atoms with E-state index in [9.17, 15) is 9.59 Å². The number of nitrogens with one attached hydrogen (secondary N) is 3. The van der Waals surface area contributed by atoms with Gasteiger partial charge in [0, 0.05) is 37.8 Å². The number of esters is 1. The highest BCUT2D eigenvalue weighted by atomic mass is 19.1. The molecule has 1 aromatic carbocycles. The van der Waals surface area contributed by atoms with Gasteiger partial charge >= 0.3 is 12.1 Å². The minimum atomic E-state index is -1.16. The van der Waals surface area contributed by atoms with Gasteiger partial charge in [-0.15, -0.1) is 0 Å². The number of amides is 1. The number of benzene rings is 1. The monoisotopic (exact) mass is 605 g/mol. The zero-order valence-corrected chi connectivity index (χ0v) is 25.4. The molecule has 1 fully saturated rings. The molecular weight excluding hydrogens is 565 g/mol. The summed E-state index contributed by atoms with van der Waals surface area (Å²) in [6.07, 6.45) is 4.27. The van der Waals surface area contributed by atoms with Crippen LogP contribution in [0.3, 0.4) is 0 Å². The highest BCUT2D eigenvalue weighted by Gasteiger charge is 2.29. The molecule has 2 aromatic heterocycles. The zero-order valence-electron chi connectivity index (χ0n) is 25.4. The lowest BCUT2D eigenvalue weighted by Crippen LogP contribution is -2.48. The number of rotatable bonds is 9. The molecule has 1 atom stereocenters. The van der Waals surface area contributed by atoms with Crippen molar-refractivity contribution < 1.29 is 23.5 Å². The summed E-state index contributed by atoms with van der Waals surface area (Å²) in [5, 5.41) is 8.79. The molecule has 234 valence electrons. The number of carbonyl (C=O) groups is 2. The molecule has 0 radical (unpaired) electrons. The number of nitrogens with zero attached hydrogens (tertiary/aromatic N) is 4. The molecule has 1 amide bonds. The van der Waals surface area contributed by atoms with Gasteiger partial charge in [0.2, 0.25) is 5.82 Å². The smallest absolute Gasteiger partial charge is 0.408 e. The maximum atomic E-state index is 15.7. The molecule has 5 rings (SSSR count). The molecule has 3 aromatic rings. The van der Waals surface area contributed by atoms with Gasteiger partial charge < -0.3 is 30.3 Å². The lowest BCUT2D eigenvalue weighted by atomic mass is 9.92. The second-order valence-electron chi connectivity index (χ2n) is 12.1. The highest BCUT2D eigenvalue weighted by Crippen LogP contribution is 2.32. The second kappa shape index (κ2) is 13.9. The molecule has 44 heavy (non-hydrogen) atoms. The SMILES string of the molecule is CC(C)(C)OC(=O)[C@H](CNc1ncnc(N2CCC(c3ccc4c(n3)NCCC4)CC2)c1F)NC(=O)OCc1ccccc1. The number of fused-ring (bicyclic) bond motifs is 1. The molecule has 2 aliphatic rings. The van der Waals surface area contributed by atoms with Crippen LogP contribution in [0, 0.1) is 5.82 Å². The first-order valence-corrected chi connectivity index (χ1v) is 15.1. The molecular formula is C32H40FN7O4. The molecule has 2 aliphatic heterocycles. The van der Waals surface area contributed by atoms with Gasteiger partial charge in [-0.3, -0.25) is 0 Å². The van der Waals surface area contributed by atoms with Gasteiger partial charge in [-0.05, 0) is 63.6 Å². The number of halogens is 1. The molecule has 0 aliphatic carbocycles. The quantitative estimate of drug-likeness (QED) is 0.292. The number of piperidine rings is 1. The first-order valence-electron chi connectivity index (χ1n) is 15.1. The summed E-state index contributed by atoms with van der Waals surface area (Å²) >= 11 is 0. The Balaban J connectivity index is 1.20. The standard InChI is InChI=1S/C32H40FN7O4/c1-32(2,3)44-30(41)25(39-31(42)43-19-21-8-5-4-6-9-21)18-35-28-26(33)29(37-20-36-28)40-16-13-22(14-17-40)24-12-11-23-10-7-15-34-27(23)38-24/h4-6,8-9,11-12,20,22,25H,7,10,13-19H2,1-3H3,(H,34,38)(H,39,42)(H,35,36,37)/t25-/m0/s1. The fourth-order valence-electron chi connectivity index (χ4n) is 5.33. The third-order valence-electron chi connectivity index (χ3n) is 7.57. The number of aryl methyl sites for hydroxylation is 1. The van der Waals surface area contributed by atoms with Crippen LogP contribution in [0.15, 0.2) is 48.8 Å². The van der Waals surface area contributed by atoms with E-state index in [1.807, 2.05) is 35.2 Å². The van der Waals surface area contributed by atoms with Crippen molar-refractivity contribution in [3.05, 3.63) is 71.4 Å². The van der Waals surface area contributed by atoms with Crippen molar-refractivity contribution in [2.24, 2.45) is 0 Å². The first-order chi connectivity index (χ1) is 21.2. The second-order valence-corrected chi connectivity index (χ2v) is 12.1. The van der Waals surface area contributed by atoms with Gasteiger partial charge in [0.25, 0.3) is 0 Å². The van der Waals surface area contributed by atoms with Gasteiger partial charge in [0.1, 0.15) is 30.4 Å². The fourth-order valence-corrected chi connectivity index (χ4v) is 5.33. The summed E-state index contributed by atoms with van der Waals surface area (Å²) in [5.74, 6) is 0.0566. The third kappa shape index (κ3) is 8.12. The average Bonchev–Trinajstić information content (AvgIpc) is 3.02. The van der Waals surface area contributed by atoms with E-state index in [2.05, 4.69) is 38.1 Å². The van der Waals surface area contributed by atoms with Gasteiger partial charge in [-0.2, -0.15) is 4.39 Å². The van der Waals surface area contributed by atoms with E-state index < -0.39 is 29.5 Å². The van der Waals surface area contributed by atoms with Crippen LogP contribution in [0.2, 0.25) is 0 Å². The van der Waals surface area contributed by atoms with Crippen molar-refractivity contribution in [3.8, 4) is 0 Å². The minimum absolute atomic E-state index is 0.0289. The fraction of sp³-hybridized carbons (Fsp3) is 0.469. The molecule has 12 heteroatoms. The number of aromatic nitrogens is 3. The lowest BCUT2D eigenvalue weighted by Gasteiger charge is -2.33. The molecule has 11 nitrogen and oxygen atoms in total. The molecule has 0 saturated carbocycles. The molecule has 3 N–H and O–H groups in total. The summed E-state index contributed by atoms with van der Waals surface area (Å²) in [6.45, 7) is 7.19. The van der Waals surface area contributed by atoms with E-state index in [1.165, 1.54) is 11.9 Å². The molecule has 1 saturated heterocycles. The molecule has 0 bridgehead atoms. The van der Waals surface area contributed by atoms with Crippen molar-refractivity contribution in [3.63, 3.8) is 0 Å². The van der Waals surface area contributed by atoms with Crippen molar-refractivity contribution in [2.75, 3.05) is 41.7 Å². The predicted molar refractivity (Wildman–Crippen MR) is 165 cm³/mol. The summed E-state index contributed by atoms with van der Waals surface area (Å²) in [7, 11) is 0. The van der Waals surface area contributed by atoms with E-state index in [4.69, 9.17) is 14.5 Å². The van der Waals surface area contributed by atoms with E-state index >= 15 is 4.39 Å². The van der Waals surface area contributed by atoms with Crippen LogP contribution in [-0.2, 0) is 27.3 Å². The maximum Gasteiger partial charge on any atom is 0.408 e. The van der Waals surface area contributed by atoms with Crippen LogP contribution in [0.5, 0.6) is 0 Å². The van der Waals surface area contributed by atoms with Gasteiger partial charge in [-0.25, -0.2) is 24.5 Å². The normalized spacial score (nSPS) is 15.9. The first kappa shape index (κ1) is 31.0. The van der Waals surface area contributed by atoms with Crippen molar-refractivity contribution >= 4 is 29.5 Å². The number of carbonyl (C=O) groups excluding carboxylic acids is 2. The largest absolute Gasteiger partial charge is 0.458 e. The maximum absolute atomic E-state index is 15.7. The van der Waals surface area contributed by atoms with E-state index in [0.717, 1.165) is 49.3 Å². The number of hydrogen-bond acceptors (Lipinski definition) is 10. The topological polar surface area (TPSA) is 131 Å². The molecule has 0 unspecified atom stereocenters. The summed E-state index contributed by atoms with van der Waals surface area (Å²) in [5.41, 5.74) is 2.32. The number of alkyl carbamates (subject to hydrolysis) is 1.